The van der Waals surface area contributed by atoms with Crippen LogP contribution in [0.3, 0.4) is 0 Å². The predicted molar refractivity (Wildman–Crippen MR) is 57.9 cm³/mol. The van der Waals surface area contributed by atoms with Crippen molar-refractivity contribution in [3.63, 3.8) is 0 Å². The molecule has 3 heteroatoms. The molecule has 0 aliphatic carbocycles. The first-order valence-corrected chi connectivity index (χ1v) is 5.70. The summed E-state index contributed by atoms with van der Waals surface area (Å²) in [4.78, 5) is 4.22. The van der Waals surface area contributed by atoms with Crippen molar-refractivity contribution in [1.29, 1.82) is 0 Å². The summed E-state index contributed by atoms with van der Waals surface area (Å²) >= 11 is 1.69. The van der Waals surface area contributed by atoms with E-state index in [1.54, 1.807) is 11.3 Å². The lowest BCUT2D eigenvalue weighted by atomic mass is 10.0. The maximum Gasteiger partial charge on any atom is 0.0940 e. The van der Waals surface area contributed by atoms with Gasteiger partial charge in [-0.05, 0) is 18.8 Å². The molecule has 0 fully saturated rings. The van der Waals surface area contributed by atoms with Gasteiger partial charge in [-0.3, -0.25) is 0 Å². The molecule has 2 nitrogen and oxygen atoms in total. The van der Waals surface area contributed by atoms with Gasteiger partial charge in [-0.25, -0.2) is 4.98 Å². The summed E-state index contributed by atoms with van der Waals surface area (Å²) in [6, 6.07) is 0.286. The van der Waals surface area contributed by atoms with E-state index in [1.165, 1.54) is 6.42 Å². The maximum absolute atomic E-state index is 5.98. The van der Waals surface area contributed by atoms with Gasteiger partial charge in [-0.1, -0.05) is 13.8 Å². The van der Waals surface area contributed by atoms with E-state index in [2.05, 4.69) is 18.8 Å². The summed E-state index contributed by atoms with van der Waals surface area (Å²) in [7, 11) is 0. The van der Waals surface area contributed by atoms with Gasteiger partial charge in [0, 0.05) is 24.0 Å². The molecule has 1 atom stereocenters. The first-order valence-electron chi connectivity index (χ1n) is 4.82. The number of nitrogens with zero attached hydrogens (tertiary/aromatic N) is 1. The van der Waals surface area contributed by atoms with Gasteiger partial charge < -0.3 is 5.73 Å². The van der Waals surface area contributed by atoms with Gasteiger partial charge in [-0.2, -0.15) is 0 Å². The van der Waals surface area contributed by atoms with E-state index in [0.717, 1.165) is 23.8 Å². The van der Waals surface area contributed by atoms with E-state index in [1.807, 2.05) is 11.6 Å². The normalized spacial score (nSPS) is 13.5. The van der Waals surface area contributed by atoms with Gasteiger partial charge in [0.05, 0.1) is 5.01 Å². The lowest BCUT2D eigenvalue weighted by molar-refractivity contribution is 0.494. The zero-order valence-electron chi connectivity index (χ0n) is 8.36. The molecule has 1 heterocycles. The van der Waals surface area contributed by atoms with Crippen LogP contribution >= 0.6 is 11.3 Å². The predicted octanol–water partition coefficient (Wildman–Crippen LogP) is 2.45. The Morgan fingerprint density at radius 1 is 1.46 bits per heavy atom. The number of nitrogens with two attached hydrogens (primary N) is 1. The third kappa shape index (κ3) is 4.39. The number of aromatic nitrogens is 1. The Morgan fingerprint density at radius 2 is 2.23 bits per heavy atom. The summed E-state index contributed by atoms with van der Waals surface area (Å²) in [6.45, 7) is 4.46. The summed E-state index contributed by atoms with van der Waals surface area (Å²) < 4.78 is 0. The van der Waals surface area contributed by atoms with Crippen LogP contribution < -0.4 is 5.73 Å². The molecule has 1 aromatic rings. The van der Waals surface area contributed by atoms with Crippen molar-refractivity contribution >= 4 is 11.3 Å². The largest absolute Gasteiger partial charge is 0.327 e. The van der Waals surface area contributed by atoms with Crippen molar-refractivity contribution in [3.8, 4) is 0 Å². The van der Waals surface area contributed by atoms with Crippen LogP contribution in [0.5, 0.6) is 0 Å². The van der Waals surface area contributed by atoms with Crippen LogP contribution in [0, 0.1) is 5.92 Å². The fourth-order valence-electron chi connectivity index (χ4n) is 1.23. The Balaban J connectivity index is 2.22. The fraction of sp³-hybridized carbons (Fsp3) is 0.700. The minimum Gasteiger partial charge on any atom is -0.327 e. The van der Waals surface area contributed by atoms with Crippen LogP contribution in [0.2, 0.25) is 0 Å². The fourth-order valence-corrected chi connectivity index (χ4v) is 1.94. The second kappa shape index (κ2) is 5.35. The van der Waals surface area contributed by atoms with Crippen molar-refractivity contribution in [2.75, 3.05) is 0 Å². The Kier molecular flexibility index (Phi) is 4.39. The molecule has 0 aliphatic rings. The highest BCUT2D eigenvalue weighted by molar-refractivity contribution is 7.09. The van der Waals surface area contributed by atoms with Crippen molar-refractivity contribution < 1.29 is 0 Å². The Bertz CT molecular complexity index is 219. The number of rotatable bonds is 5. The molecule has 0 aromatic carbocycles. The third-order valence-corrected chi connectivity index (χ3v) is 2.84. The van der Waals surface area contributed by atoms with E-state index in [-0.39, 0.29) is 6.04 Å². The molecular weight excluding hydrogens is 180 g/mol. The van der Waals surface area contributed by atoms with E-state index >= 15 is 0 Å². The maximum atomic E-state index is 5.98. The van der Waals surface area contributed by atoms with Crippen LogP contribution in [0.15, 0.2) is 11.6 Å². The zero-order valence-corrected chi connectivity index (χ0v) is 9.18. The molecule has 0 saturated carbocycles. The van der Waals surface area contributed by atoms with Crippen molar-refractivity contribution in [2.45, 2.75) is 39.2 Å². The van der Waals surface area contributed by atoms with Gasteiger partial charge in [0.15, 0.2) is 0 Å². The molecule has 74 valence electrons. The molecule has 0 spiro atoms. The van der Waals surface area contributed by atoms with Gasteiger partial charge in [-0.15, -0.1) is 11.3 Å². The monoisotopic (exact) mass is 198 g/mol. The lowest BCUT2D eigenvalue weighted by Crippen LogP contribution is -2.23. The van der Waals surface area contributed by atoms with Crippen LogP contribution in [0.4, 0.5) is 0 Å². The number of thiazole rings is 1. The van der Waals surface area contributed by atoms with Gasteiger partial charge >= 0.3 is 0 Å². The molecule has 13 heavy (non-hydrogen) atoms. The summed E-state index contributed by atoms with van der Waals surface area (Å²) in [6.07, 6.45) is 5.10. The van der Waals surface area contributed by atoms with Crippen LogP contribution in [-0.4, -0.2) is 11.0 Å². The summed E-state index contributed by atoms with van der Waals surface area (Å²) in [5.74, 6) is 0.752. The third-order valence-electron chi connectivity index (χ3n) is 2.04. The molecule has 0 amide bonds. The molecule has 0 bridgehead atoms. The second-order valence-corrected chi connectivity index (χ2v) is 4.84. The minimum absolute atomic E-state index is 0.286. The number of hydrogen-bond acceptors (Lipinski definition) is 3. The van der Waals surface area contributed by atoms with Crippen molar-refractivity contribution in [3.05, 3.63) is 16.6 Å². The van der Waals surface area contributed by atoms with Crippen LogP contribution in [0.25, 0.3) is 0 Å². The van der Waals surface area contributed by atoms with Gasteiger partial charge in [0.1, 0.15) is 0 Å². The molecule has 1 unspecified atom stereocenters. The van der Waals surface area contributed by atoms with E-state index < -0.39 is 0 Å². The molecular formula is C10H18N2S. The van der Waals surface area contributed by atoms with E-state index in [4.69, 9.17) is 5.73 Å². The SMILES string of the molecule is CC(C)CCC(N)Cc1nccs1. The first-order chi connectivity index (χ1) is 6.18. The van der Waals surface area contributed by atoms with Crippen molar-refractivity contribution in [1.82, 2.24) is 4.98 Å². The average molecular weight is 198 g/mol. The standard InChI is InChI=1S/C10H18N2S/c1-8(2)3-4-9(11)7-10-12-5-6-13-10/h5-6,8-9H,3-4,7,11H2,1-2H3. The summed E-state index contributed by atoms with van der Waals surface area (Å²) in [5.41, 5.74) is 5.98. The number of hydrogen-bond donors (Lipinski definition) is 1. The van der Waals surface area contributed by atoms with Crippen LogP contribution in [0.1, 0.15) is 31.7 Å². The highest BCUT2D eigenvalue weighted by Gasteiger charge is 2.06. The van der Waals surface area contributed by atoms with Gasteiger partial charge in [0.25, 0.3) is 0 Å². The molecule has 1 rings (SSSR count). The smallest absolute Gasteiger partial charge is 0.0940 e. The average Bonchev–Trinajstić information content (AvgIpc) is 2.53. The Hall–Kier alpha value is -0.410. The highest BCUT2D eigenvalue weighted by atomic mass is 32.1. The van der Waals surface area contributed by atoms with Crippen LogP contribution in [-0.2, 0) is 6.42 Å². The lowest BCUT2D eigenvalue weighted by Gasteiger charge is -2.10. The van der Waals surface area contributed by atoms with E-state index in [9.17, 15) is 0 Å². The Morgan fingerprint density at radius 3 is 2.77 bits per heavy atom. The molecule has 1 aromatic heterocycles. The molecule has 0 radical (unpaired) electrons. The Labute approximate surface area is 84.2 Å². The molecule has 0 aliphatic heterocycles. The first kappa shape index (κ1) is 10.7. The zero-order chi connectivity index (χ0) is 9.68. The van der Waals surface area contributed by atoms with E-state index in [0.29, 0.717) is 0 Å². The molecule has 2 N–H and O–H groups in total. The quantitative estimate of drug-likeness (QED) is 0.789. The summed E-state index contributed by atoms with van der Waals surface area (Å²) in [5, 5.41) is 3.17. The highest BCUT2D eigenvalue weighted by Crippen LogP contribution is 2.11. The topological polar surface area (TPSA) is 38.9 Å². The second-order valence-electron chi connectivity index (χ2n) is 3.86. The van der Waals surface area contributed by atoms with Gasteiger partial charge in [0.2, 0.25) is 0 Å². The molecule has 0 saturated heterocycles. The van der Waals surface area contributed by atoms with Crippen molar-refractivity contribution in [2.24, 2.45) is 11.7 Å². The minimum atomic E-state index is 0.286.